The van der Waals surface area contributed by atoms with Gasteiger partial charge in [0.1, 0.15) is 5.75 Å². The number of nitrogen functional groups attached to an aromatic ring is 1. The summed E-state index contributed by atoms with van der Waals surface area (Å²) in [5, 5.41) is 0. The molecule has 2 N–H and O–H groups in total. The molecule has 0 aliphatic heterocycles. The second-order valence-corrected chi connectivity index (χ2v) is 7.36. The third-order valence-corrected chi connectivity index (χ3v) is 5.48. The quantitative estimate of drug-likeness (QED) is 0.777. The van der Waals surface area contributed by atoms with Crippen molar-refractivity contribution in [2.45, 2.75) is 19.9 Å². The average molecular weight is 352 g/mol. The Bertz CT molecular complexity index is 792. The zero-order chi connectivity index (χ0) is 17.7. The maximum absolute atomic E-state index is 14.4. The van der Waals surface area contributed by atoms with Crippen LogP contribution < -0.4 is 14.8 Å². The minimum absolute atomic E-state index is 0.0205. The molecule has 2 aromatic rings. The molecule has 0 aromatic heterocycles. The summed E-state index contributed by atoms with van der Waals surface area (Å²) in [7, 11) is -2.12. The molecule has 7 heteroatoms. The Morgan fingerprint density at radius 3 is 2.42 bits per heavy atom. The van der Waals surface area contributed by atoms with Crippen LogP contribution in [-0.2, 0) is 16.6 Å². The molecule has 5 nitrogen and oxygen atoms in total. The third-order valence-electron chi connectivity index (χ3n) is 3.56. The monoisotopic (exact) mass is 352 g/mol. The van der Waals surface area contributed by atoms with Crippen molar-refractivity contribution in [3.8, 4) is 5.75 Å². The van der Waals surface area contributed by atoms with Crippen LogP contribution in [0.5, 0.6) is 5.75 Å². The highest BCUT2D eigenvalue weighted by molar-refractivity contribution is 7.92. The molecular formula is C17H21FN2O3S. The smallest absolute Gasteiger partial charge is 0.235 e. The van der Waals surface area contributed by atoms with Gasteiger partial charge >= 0.3 is 0 Å². The molecule has 0 spiro atoms. The van der Waals surface area contributed by atoms with E-state index in [1.807, 2.05) is 0 Å². The van der Waals surface area contributed by atoms with Crippen LogP contribution in [0, 0.1) is 5.82 Å². The summed E-state index contributed by atoms with van der Waals surface area (Å²) >= 11 is 0. The molecule has 0 saturated carbocycles. The van der Waals surface area contributed by atoms with Crippen LogP contribution in [0.2, 0.25) is 0 Å². The largest absolute Gasteiger partial charge is 0.497 e. The average Bonchev–Trinajstić information content (AvgIpc) is 2.56. The van der Waals surface area contributed by atoms with Gasteiger partial charge in [0.25, 0.3) is 0 Å². The third kappa shape index (κ3) is 3.97. The van der Waals surface area contributed by atoms with Gasteiger partial charge in [0.05, 0.1) is 30.8 Å². The highest BCUT2D eigenvalue weighted by atomic mass is 32.2. The predicted molar refractivity (Wildman–Crippen MR) is 94.1 cm³/mol. The highest BCUT2D eigenvalue weighted by Gasteiger charge is 2.25. The number of methoxy groups -OCH3 is 1. The first-order valence-corrected chi connectivity index (χ1v) is 9.17. The molecule has 0 atom stereocenters. The van der Waals surface area contributed by atoms with Crippen LogP contribution >= 0.6 is 0 Å². The maximum atomic E-state index is 14.4. The van der Waals surface area contributed by atoms with E-state index in [-0.39, 0.29) is 23.7 Å². The fourth-order valence-corrected chi connectivity index (χ4v) is 3.85. The first-order valence-electron chi connectivity index (χ1n) is 7.56. The zero-order valence-corrected chi connectivity index (χ0v) is 14.5. The lowest BCUT2D eigenvalue weighted by Gasteiger charge is -2.25. The minimum Gasteiger partial charge on any atom is -0.497 e. The van der Waals surface area contributed by atoms with E-state index in [9.17, 15) is 12.8 Å². The number of ether oxygens (including phenoxy) is 1. The number of nitrogens with two attached hydrogens (primary N) is 1. The second-order valence-electron chi connectivity index (χ2n) is 5.35. The van der Waals surface area contributed by atoms with E-state index in [1.54, 1.807) is 38.3 Å². The molecule has 130 valence electrons. The summed E-state index contributed by atoms with van der Waals surface area (Å²) in [6, 6.07) is 11.3. The number of sulfonamides is 1. The second kappa shape index (κ2) is 7.53. The van der Waals surface area contributed by atoms with Gasteiger partial charge in [0.2, 0.25) is 10.0 Å². The number of anilines is 2. The number of hydrogen-bond donors (Lipinski definition) is 1. The highest BCUT2D eigenvalue weighted by Crippen LogP contribution is 2.28. The Morgan fingerprint density at radius 1 is 1.17 bits per heavy atom. The van der Waals surface area contributed by atoms with Gasteiger partial charge in [-0.05, 0) is 36.2 Å². The number of hydrogen-bond acceptors (Lipinski definition) is 4. The van der Waals surface area contributed by atoms with Gasteiger partial charge in [-0.2, -0.15) is 0 Å². The van der Waals surface area contributed by atoms with E-state index in [2.05, 4.69) is 0 Å². The lowest BCUT2D eigenvalue weighted by atomic mass is 10.2. The molecule has 24 heavy (non-hydrogen) atoms. The van der Waals surface area contributed by atoms with Gasteiger partial charge < -0.3 is 10.5 Å². The summed E-state index contributed by atoms with van der Waals surface area (Å²) in [4.78, 5) is 0. The van der Waals surface area contributed by atoms with E-state index < -0.39 is 15.8 Å². The topological polar surface area (TPSA) is 72.6 Å². The Labute approximate surface area is 141 Å². The van der Waals surface area contributed by atoms with Crippen LogP contribution in [0.25, 0.3) is 0 Å². The van der Waals surface area contributed by atoms with Gasteiger partial charge in [0, 0.05) is 0 Å². The Morgan fingerprint density at radius 2 is 1.83 bits per heavy atom. The van der Waals surface area contributed by atoms with Crippen LogP contribution in [-0.4, -0.2) is 21.3 Å². The van der Waals surface area contributed by atoms with Crippen molar-refractivity contribution in [1.29, 1.82) is 0 Å². The number of halogens is 1. The molecule has 0 amide bonds. The van der Waals surface area contributed by atoms with Crippen molar-refractivity contribution in [2.75, 3.05) is 22.9 Å². The van der Waals surface area contributed by atoms with Gasteiger partial charge in [-0.15, -0.1) is 0 Å². The number of nitrogens with zero attached hydrogens (tertiary/aromatic N) is 1. The molecule has 2 rings (SSSR count). The summed E-state index contributed by atoms with van der Waals surface area (Å²) in [6.07, 6.45) is 0.436. The SMILES string of the molecule is CCCS(=O)(=O)N(Cc1ccc(OC)cc1)c1cccc(N)c1F. The van der Waals surface area contributed by atoms with Crippen LogP contribution in [0.1, 0.15) is 18.9 Å². The number of rotatable bonds is 7. The van der Waals surface area contributed by atoms with Gasteiger partial charge in [-0.3, -0.25) is 4.31 Å². The molecule has 0 radical (unpaired) electrons. The molecule has 2 aromatic carbocycles. The van der Waals surface area contributed by atoms with E-state index in [0.29, 0.717) is 12.2 Å². The summed E-state index contributed by atoms with van der Waals surface area (Å²) in [6.45, 7) is 1.78. The van der Waals surface area contributed by atoms with Gasteiger partial charge in [0.15, 0.2) is 5.82 Å². The molecule has 0 fully saturated rings. The first kappa shape index (κ1) is 18.1. The predicted octanol–water partition coefficient (Wildman–Crippen LogP) is 3.16. The van der Waals surface area contributed by atoms with Crippen LogP contribution in [0.3, 0.4) is 0 Å². The van der Waals surface area contributed by atoms with Crippen LogP contribution in [0.4, 0.5) is 15.8 Å². The fourth-order valence-electron chi connectivity index (χ4n) is 2.33. The molecular weight excluding hydrogens is 331 g/mol. The van der Waals surface area contributed by atoms with Crippen molar-refractivity contribution in [3.05, 3.63) is 53.8 Å². The van der Waals surface area contributed by atoms with Crippen LogP contribution in [0.15, 0.2) is 42.5 Å². The van der Waals surface area contributed by atoms with E-state index >= 15 is 0 Å². The summed E-state index contributed by atoms with van der Waals surface area (Å²) < 4.78 is 45.8. The van der Waals surface area contributed by atoms with Crippen molar-refractivity contribution < 1.29 is 17.5 Å². The maximum Gasteiger partial charge on any atom is 0.235 e. The van der Waals surface area contributed by atoms with E-state index in [1.165, 1.54) is 18.2 Å². The van der Waals surface area contributed by atoms with Gasteiger partial charge in [-0.25, -0.2) is 12.8 Å². The zero-order valence-electron chi connectivity index (χ0n) is 13.7. The first-order chi connectivity index (χ1) is 11.4. The Hall–Kier alpha value is -2.28. The molecule has 0 saturated heterocycles. The molecule has 0 heterocycles. The number of benzene rings is 2. The summed E-state index contributed by atoms with van der Waals surface area (Å²) in [5.74, 6) is -0.139. The lowest BCUT2D eigenvalue weighted by molar-refractivity contribution is 0.414. The molecule has 0 unspecified atom stereocenters. The molecule has 0 aliphatic rings. The Balaban J connectivity index is 2.44. The van der Waals surface area contributed by atoms with Crippen molar-refractivity contribution >= 4 is 21.4 Å². The van der Waals surface area contributed by atoms with Crippen molar-refractivity contribution in [3.63, 3.8) is 0 Å². The molecule has 0 bridgehead atoms. The van der Waals surface area contributed by atoms with E-state index in [0.717, 1.165) is 9.87 Å². The van der Waals surface area contributed by atoms with Gasteiger partial charge in [-0.1, -0.05) is 25.1 Å². The molecule has 0 aliphatic carbocycles. The Kier molecular flexibility index (Phi) is 5.66. The van der Waals surface area contributed by atoms with Crippen molar-refractivity contribution in [2.24, 2.45) is 0 Å². The van der Waals surface area contributed by atoms with Crippen molar-refractivity contribution in [1.82, 2.24) is 0 Å². The lowest BCUT2D eigenvalue weighted by Crippen LogP contribution is -2.33. The summed E-state index contributed by atoms with van der Waals surface area (Å²) in [5.41, 5.74) is 6.19. The minimum atomic E-state index is -3.67. The standard InChI is InChI=1S/C17H21FN2O3S/c1-3-11-24(21,22)20(16-6-4-5-15(19)17(16)18)12-13-7-9-14(23-2)10-8-13/h4-10H,3,11-12,19H2,1-2H3. The fraction of sp³-hybridized carbons (Fsp3) is 0.294. The normalized spacial score (nSPS) is 11.3. The van der Waals surface area contributed by atoms with E-state index in [4.69, 9.17) is 10.5 Å².